The first-order valence-electron chi connectivity index (χ1n) is 14.4. The minimum absolute atomic E-state index is 0.310. The van der Waals surface area contributed by atoms with Crippen LogP contribution in [0.15, 0.2) is 91.7 Å². The lowest BCUT2D eigenvalue weighted by molar-refractivity contribution is -0.0441. The van der Waals surface area contributed by atoms with Crippen LogP contribution in [0.5, 0.6) is 0 Å². The molecule has 4 heterocycles. The van der Waals surface area contributed by atoms with Gasteiger partial charge in [0.2, 0.25) is 9.84 Å². The summed E-state index contributed by atoms with van der Waals surface area (Å²) in [5.41, 5.74) is -4.56. The quantitative estimate of drug-likeness (QED) is 0.184. The van der Waals surface area contributed by atoms with Crippen LogP contribution in [0.1, 0.15) is 15.9 Å². The number of sulfone groups is 1. The first-order chi connectivity index (χ1) is 24.5. The second-order valence-electron chi connectivity index (χ2n) is 10.9. The van der Waals surface area contributed by atoms with Gasteiger partial charge in [-0.05, 0) is 59.5 Å². The number of aldehydes is 1. The number of rotatable bonds is 6. The van der Waals surface area contributed by atoms with E-state index in [1.807, 2.05) is 12.1 Å². The molecule has 0 fully saturated rings. The summed E-state index contributed by atoms with van der Waals surface area (Å²) in [5, 5.41) is 3.66. The van der Waals surface area contributed by atoms with E-state index in [4.69, 9.17) is 8.83 Å². The van der Waals surface area contributed by atoms with E-state index in [1.54, 1.807) is 56.7 Å². The molecule has 53 heavy (non-hydrogen) atoms. The molecule has 2 N–H and O–H groups in total. The molecule has 0 aliphatic heterocycles. The van der Waals surface area contributed by atoms with Gasteiger partial charge in [0.15, 0.2) is 17.5 Å². The predicted octanol–water partition coefficient (Wildman–Crippen LogP) is 4.47. The van der Waals surface area contributed by atoms with Crippen LogP contribution in [0, 0.1) is 0 Å². The smallest absolute Gasteiger partial charge is 0.408 e. The van der Waals surface area contributed by atoms with E-state index >= 15 is 0 Å². The third-order valence-electron chi connectivity index (χ3n) is 7.27. The van der Waals surface area contributed by atoms with Crippen LogP contribution < -0.4 is 16.7 Å². The molecule has 0 bridgehead atoms. The van der Waals surface area contributed by atoms with Crippen LogP contribution in [-0.2, 0) is 40.4 Å². The van der Waals surface area contributed by atoms with Crippen LogP contribution in [0.2, 0.25) is 0 Å². The highest BCUT2D eigenvalue weighted by Gasteiger charge is 2.45. The number of sulfonamides is 1. The highest BCUT2D eigenvalue weighted by Crippen LogP contribution is 2.27. The van der Waals surface area contributed by atoms with E-state index in [0.717, 1.165) is 17.4 Å². The average molecular weight is 790 g/mol. The average Bonchev–Trinajstić information content (AvgIpc) is 3.54. The molecule has 0 aliphatic carbocycles. The number of hydrogen-bond donors (Lipinski definition) is 1. The Morgan fingerprint density at radius 1 is 0.698 bits per heavy atom. The Kier molecular flexibility index (Phi) is 11.5. The van der Waals surface area contributed by atoms with Gasteiger partial charge in [-0.2, -0.15) is 26.3 Å². The van der Waals surface area contributed by atoms with Crippen LogP contribution in [0.4, 0.5) is 26.3 Å². The molecule has 6 rings (SSSR count). The number of carbonyl (C=O) groups excluding carboxylic acids is 1. The number of alkyl halides is 6. The Morgan fingerprint density at radius 3 is 1.58 bits per heavy atom. The van der Waals surface area contributed by atoms with Gasteiger partial charge in [-0.15, -0.1) is 0 Å². The van der Waals surface area contributed by atoms with Gasteiger partial charge < -0.3 is 8.83 Å². The predicted molar refractivity (Wildman–Crippen MR) is 177 cm³/mol. The summed E-state index contributed by atoms with van der Waals surface area (Å²) in [6, 6.07) is 13.7. The summed E-state index contributed by atoms with van der Waals surface area (Å²) in [4.78, 5) is 41.7. The van der Waals surface area contributed by atoms with Crippen molar-refractivity contribution in [3.8, 4) is 22.3 Å². The van der Waals surface area contributed by atoms with E-state index in [9.17, 15) is 57.6 Å². The first-order valence-corrected chi connectivity index (χ1v) is 17.6. The Balaban J connectivity index is 0.000000203. The number of nitrogens with zero attached hydrogens (tertiary/aromatic N) is 4. The molecule has 0 atom stereocenters. The van der Waals surface area contributed by atoms with Crippen molar-refractivity contribution in [2.45, 2.75) is 17.4 Å². The van der Waals surface area contributed by atoms with Crippen molar-refractivity contribution in [3.05, 3.63) is 106 Å². The van der Waals surface area contributed by atoms with E-state index in [0.29, 0.717) is 44.5 Å². The van der Waals surface area contributed by atoms with Gasteiger partial charge in [0, 0.05) is 55.6 Å². The zero-order valence-corrected chi connectivity index (χ0v) is 28.7. The maximum absolute atomic E-state index is 12.4. The molecule has 0 radical (unpaired) electrons. The fourth-order valence-corrected chi connectivity index (χ4v) is 5.18. The topological polar surface area (TPSA) is 207 Å². The molecule has 0 saturated carbocycles. The highest BCUT2D eigenvalue weighted by molar-refractivity contribution is 7.92. The van der Waals surface area contributed by atoms with Gasteiger partial charge in [0.1, 0.15) is 0 Å². The third-order valence-corrected chi connectivity index (χ3v) is 9.37. The van der Waals surface area contributed by atoms with Gasteiger partial charge in [-0.1, -0.05) is 12.1 Å². The summed E-state index contributed by atoms with van der Waals surface area (Å²) in [7, 11) is -7.32. The Morgan fingerprint density at radius 2 is 1.15 bits per heavy atom. The molecule has 0 aliphatic rings. The first kappa shape index (κ1) is 40.2. The zero-order chi connectivity index (χ0) is 39.5. The highest BCUT2D eigenvalue weighted by atomic mass is 32.2. The van der Waals surface area contributed by atoms with Crippen molar-refractivity contribution >= 4 is 48.3 Å². The summed E-state index contributed by atoms with van der Waals surface area (Å²) in [5.74, 6) is -1.95. The molecule has 282 valence electrons. The van der Waals surface area contributed by atoms with E-state index < -0.39 is 48.1 Å². The van der Waals surface area contributed by atoms with Crippen LogP contribution >= 0.6 is 0 Å². The molecule has 0 amide bonds. The number of fused-ring (bicyclic) bond motifs is 2. The standard InChI is InChI=1S/C16H13F3N2O4S.C14H10N2O3.CH2F3NO2S/c1-21-13-7-11(2-3-14(13)25-15(21)22)12-6-10(8-20-9-12)4-5-26(23,24)16(17,18)19;1-16-12-5-10(2-3-13(12)19-14(16)18)11-4-9(8-17)6-15-7-11;2-1(3,4)8(5,6)7/h2-3,6-9H,4-5H2,1H3;2-8H,1H3;(H2,5,6,7). The van der Waals surface area contributed by atoms with Gasteiger partial charge in [-0.3, -0.25) is 23.9 Å². The fraction of sp³-hybridized carbons (Fsp3) is 0.194. The van der Waals surface area contributed by atoms with E-state index in [1.165, 1.54) is 27.7 Å². The maximum Gasteiger partial charge on any atom is 0.511 e. The van der Waals surface area contributed by atoms with Crippen molar-refractivity contribution in [3.63, 3.8) is 0 Å². The van der Waals surface area contributed by atoms with Crippen LogP contribution in [0.25, 0.3) is 44.5 Å². The summed E-state index contributed by atoms with van der Waals surface area (Å²) in [6.07, 6.45) is 6.44. The largest absolute Gasteiger partial charge is 0.511 e. The van der Waals surface area contributed by atoms with Crippen molar-refractivity contribution < 1.29 is 56.8 Å². The lowest BCUT2D eigenvalue weighted by Crippen LogP contribution is -2.30. The Labute approximate surface area is 294 Å². The number of primary sulfonamides is 1. The summed E-state index contributed by atoms with van der Waals surface area (Å²) >= 11 is 0. The molecular weight excluding hydrogens is 764 g/mol. The monoisotopic (exact) mass is 789 g/mol. The van der Waals surface area contributed by atoms with Crippen molar-refractivity contribution in [2.24, 2.45) is 19.2 Å². The minimum atomic E-state index is -5.34. The van der Waals surface area contributed by atoms with Crippen molar-refractivity contribution in [2.75, 3.05) is 5.75 Å². The van der Waals surface area contributed by atoms with E-state index in [-0.39, 0.29) is 6.42 Å². The number of nitrogens with two attached hydrogens (primary N) is 1. The normalized spacial score (nSPS) is 12.2. The van der Waals surface area contributed by atoms with Crippen LogP contribution in [-0.4, -0.2) is 59.0 Å². The number of benzene rings is 2. The second kappa shape index (κ2) is 15.2. The Bertz CT molecular complexity index is 2650. The van der Waals surface area contributed by atoms with Crippen molar-refractivity contribution in [1.29, 1.82) is 0 Å². The minimum Gasteiger partial charge on any atom is -0.408 e. The van der Waals surface area contributed by atoms with Crippen molar-refractivity contribution in [1.82, 2.24) is 19.1 Å². The number of halogens is 6. The third kappa shape index (κ3) is 9.44. The number of aromatic nitrogens is 4. The van der Waals surface area contributed by atoms with Crippen LogP contribution in [0.3, 0.4) is 0 Å². The van der Waals surface area contributed by atoms with Gasteiger partial charge in [-0.25, -0.2) is 31.6 Å². The number of aryl methyl sites for hydroxylation is 3. The molecule has 22 heteroatoms. The van der Waals surface area contributed by atoms with Gasteiger partial charge in [0.25, 0.3) is 0 Å². The molecule has 0 saturated heterocycles. The molecular formula is C31H25F6N5O9S2. The van der Waals surface area contributed by atoms with E-state index in [2.05, 4.69) is 15.1 Å². The number of oxazole rings is 2. The zero-order valence-electron chi connectivity index (χ0n) is 27.0. The van der Waals surface area contributed by atoms with Gasteiger partial charge in [0.05, 0.1) is 16.8 Å². The summed E-state index contributed by atoms with van der Waals surface area (Å²) < 4.78 is 124. The SMILES string of the molecule is Cn1c(=O)oc2ccc(-c3cncc(C=O)c3)cc21.Cn1c(=O)oc2ccc(-c3cncc(CCS(=O)(=O)C(F)(F)F)c3)cc21.NS(=O)(=O)C(F)(F)F. The number of pyridine rings is 2. The lowest BCUT2D eigenvalue weighted by Gasteiger charge is -2.08. The molecule has 0 unspecified atom stereocenters. The second-order valence-corrected chi connectivity index (χ2v) is 14.6. The molecule has 4 aromatic heterocycles. The number of carbonyl (C=O) groups is 1. The molecule has 14 nitrogen and oxygen atoms in total. The Hall–Kier alpha value is -5.61. The summed E-state index contributed by atoms with van der Waals surface area (Å²) in [6.45, 7) is 0. The molecule has 2 aromatic carbocycles. The fourth-order valence-electron chi connectivity index (χ4n) is 4.44. The molecule has 6 aromatic rings. The lowest BCUT2D eigenvalue weighted by atomic mass is 10.0. The number of hydrogen-bond acceptors (Lipinski definition) is 11. The van der Waals surface area contributed by atoms with Gasteiger partial charge >= 0.3 is 32.6 Å². The maximum atomic E-state index is 12.4. The molecule has 0 spiro atoms.